The van der Waals surface area contributed by atoms with Gasteiger partial charge >= 0.3 is 0 Å². The van der Waals surface area contributed by atoms with E-state index in [1.165, 1.54) is 11.6 Å². The van der Waals surface area contributed by atoms with Crippen LogP contribution in [0.15, 0.2) is 48.5 Å². The average Bonchev–Trinajstić information content (AvgIpc) is 2.46. The lowest BCUT2D eigenvalue weighted by Gasteiger charge is -2.07. The highest BCUT2D eigenvalue weighted by Crippen LogP contribution is 2.15. The molecule has 0 bridgehead atoms. The number of ether oxygens (including phenoxy) is 1. The van der Waals surface area contributed by atoms with E-state index in [0.29, 0.717) is 17.2 Å². The molecule has 0 fully saturated rings. The Morgan fingerprint density at radius 2 is 1.90 bits per heavy atom. The molecule has 0 amide bonds. The quantitative estimate of drug-likeness (QED) is 0.784. The van der Waals surface area contributed by atoms with Gasteiger partial charge in [-0.15, -0.1) is 0 Å². The van der Waals surface area contributed by atoms with Crippen LogP contribution < -0.4 is 5.32 Å². The number of nitrogens with one attached hydrogen (secondary N) is 1. The molecule has 20 heavy (non-hydrogen) atoms. The van der Waals surface area contributed by atoms with Crippen LogP contribution in [0.5, 0.6) is 0 Å². The van der Waals surface area contributed by atoms with Crippen molar-refractivity contribution in [3.05, 3.63) is 70.5 Å². The first-order chi connectivity index (χ1) is 9.75. The normalized spacial score (nSPS) is 10.7. The van der Waals surface area contributed by atoms with Gasteiger partial charge in [-0.3, -0.25) is 0 Å². The molecule has 0 aliphatic carbocycles. The van der Waals surface area contributed by atoms with Crippen molar-refractivity contribution in [1.29, 1.82) is 0 Å². The summed E-state index contributed by atoms with van der Waals surface area (Å²) in [6, 6.07) is 14.8. The van der Waals surface area contributed by atoms with Gasteiger partial charge in [-0.25, -0.2) is 4.39 Å². The second-order valence-electron chi connectivity index (χ2n) is 4.45. The first-order valence-corrected chi connectivity index (χ1v) is 6.90. The third-order valence-electron chi connectivity index (χ3n) is 2.87. The van der Waals surface area contributed by atoms with Crippen LogP contribution in [0.3, 0.4) is 0 Å². The summed E-state index contributed by atoms with van der Waals surface area (Å²) in [6.45, 7) is 2.33. The maximum Gasteiger partial charge on any atom is 0.130 e. The zero-order chi connectivity index (χ0) is 14.2. The van der Waals surface area contributed by atoms with Crippen molar-refractivity contribution in [3.63, 3.8) is 0 Å². The summed E-state index contributed by atoms with van der Waals surface area (Å²) in [5, 5.41) is 3.67. The maximum atomic E-state index is 13.5. The molecule has 0 radical (unpaired) electrons. The number of benzene rings is 2. The van der Waals surface area contributed by atoms with E-state index >= 15 is 0 Å². The van der Waals surface area contributed by atoms with E-state index in [0.717, 1.165) is 13.1 Å². The Morgan fingerprint density at radius 1 is 1.10 bits per heavy atom. The highest BCUT2D eigenvalue weighted by atomic mass is 35.5. The minimum absolute atomic E-state index is 0.260. The van der Waals surface area contributed by atoms with Gasteiger partial charge in [-0.2, -0.15) is 0 Å². The Morgan fingerprint density at radius 3 is 2.65 bits per heavy atom. The third kappa shape index (κ3) is 4.93. The molecular formula is C16H17ClFNO. The largest absolute Gasteiger partial charge is 0.375 e. The van der Waals surface area contributed by atoms with E-state index < -0.39 is 0 Å². The smallest absolute Gasteiger partial charge is 0.130 e. The van der Waals surface area contributed by atoms with E-state index in [9.17, 15) is 4.39 Å². The van der Waals surface area contributed by atoms with Crippen LogP contribution in [-0.4, -0.2) is 13.2 Å². The summed E-state index contributed by atoms with van der Waals surface area (Å²) < 4.78 is 18.9. The minimum Gasteiger partial charge on any atom is -0.375 e. The van der Waals surface area contributed by atoms with Crippen molar-refractivity contribution in [2.75, 3.05) is 13.2 Å². The highest BCUT2D eigenvalue weighted by molar-refractivity contribution is 6.30. The second-order valence-corrected chi connectivity index (χ2v) is 4.89. The molecule has 0 saturated heterocycles. The second kappa shape index (κ2) is 8.00. The first-order valence-electron chi connectivity index (χ1n) is 6.52. The van der Waals surface area contributed by atoms with Crippen molar-refractivity contribution in [1.82, 2.24) is 5.32 Å². The highest BCUT2D eigenvalue weighted by Gasteiger charge is 2.02. The summed E-state index contributed by atoms with van der Waals surface area (Å²) >= 11 is 5.69. The minimum atomic E-state index is -0.324. The maximum absolute atomic E-state index is 13.5. The van der Waals surface area contributed by atoms with Gasteiger partial charge < -0.3 is 10.1 Å². The molecule has 106 valence electrons. The SMILES string of the molecule is Fc1cc(Cl)ccc1COCCNCc1ccccc1. The van der Waals surface area contributed by atoms with Crippen LogP contribution >= 0.6 is 11.6 Å². The van der Waals surface area contributed by atoms with Crippen LogP contribution in [-0.2, 0) is 17.9 Å². The average molecular weight is 294 g/mol. The zero-order valence-corrected chi connectivity index (χ0v) is 11.9. The Bertz CT molecular complexity index is 533. The molecule has 0 atom stereocenters. The van der Waals surface area contributed by atoms with Crippen molar-refractivity contribution in [2.45, 2.75) is 13.2 Å². The Kier molecular flexibility index (Phi) is 5.99. The fourth-order valence-corrected chi connectivity index (χ4v) is 1.95. The predicted molar refractivity (Wildman–Crippen MR) is 79.2 cm³/mol. The van der Waals surface area contributed by atoms with Gasteiger partial charge in [0.25, 0.3) is 0 Å². The summed E-state index contributed by atoms with van der Waals surface area (Å²) in [7, 11) is 0. The topological polar surface area (TPSA) is 21.3 Å². The van der Waals surface area contributed by atoms with Gasteiger partial charge in [0.1, 0.15) is 5.82 Å². The number of rotatable bonds is 7. The van der Waals surface area contributed by atoms with Gasteiger partial charge in [-0.1, -0.05) is 48.0 Å². The molecule has 2 nitrogen and oxygen atoms in total. The van der Waals surface area contributed by atoms with Crippen LogP contribution in [0.25, 0.3) is 0 Å². The standard InChI is InChI=1S/C16H17ClFNO/c17-15-7-6-14(16(18)10-15)12-20-9-8-19-11-13-4-2-1-3-5-13/h1-7,10,19H,8-9,11-12H2. The van der Waals surface area contributed by atoms with Gasteiger partial charge in [0.15, 0.2) is 0 Å². The van der Waals surface area contributed by atoms with E-state index in [2.05, 4.69) is 17.4 Å². The van der Waals surface area contributed by atoms with Gasteiger partial charge in [0, 0.05) is 23.7 Å². The van der Waals surface area contributed by atoms with E-state index in [1.807, 2.05) is 18.2 Å². The molecule has 4 heteroatoms. The Hall–Kier alpha value is -1.42. The number of hydrogen-bond donors (Lipinski definition) is 1. The lowest BCUT2D eigenvalue weighted by molar-refractivity contribution is 0.120. The van der Waals surface area contributed by atoms with Gasteiger partial charge in [0.2, 0.25) is 0 Å². The lowest BCUT2D eigenvalue weighted by Crippen LogP contribution is -2.19. The van der Waals surface area contributed by atoms with Crippen molar-refractivity contribution in [2.24, 2.45) is 0 Å². The van der Waals surface area contributed by atoms with Gasteiger partial charge in [-0.05, 0) is 17.7 Å². The third-order valence-corrected chi connectivity index (χ3v) is 3.10. The Balaban J connectivity index is 1.62. The Labute approximate surface area is 123 Å². The van der Waals surface area contributed by atoms with Crippen LogP contribution in [0, 0.1) is 5.82 Å². The molecule has 0 aliphatic rings. The summed E-state index contributed by atoms with van der Waals surface area (Å²) in [5.41, 5.74) is 1.76. The zero-order valence-electron chi connectivity index (χ0n) is 11.1. The molecule has 0 heterocycles. The van der Waals surface area contributed by atoms with E-state index in [-0.39, 0.29) is 12.4 Å². The number of hydrogen-bond acceptors (Lipinski definition) is 2. The molecule has 2 aromatic carbocycles. The van der Waals surface area contributed by atoms with Crippen LogP contribution in [0.4, 0.5) is 4.39 Å². The molecule has 0 spiro atoms. The molecule has 0 saturated carbocycles. The van der Waals surface area contributed by atoms with Crippen molar-refractivity contribution < 1.29 is 9.13 Å². The van der Waals surface area contributed by atoms with Crippen molar-refractivity contribution >= 4 is 11.6 Å². The molecule has 2 aromatic rings. The van der Waals surface area contributed by atoms with E-state index in [1.54, 1.807) is 12.1 Å². The summed E-state index contributed by atoms with van der Waals surface area (Å²) in [4.78, 5) is 0. The first kappa shape index (κ1) is 15.0. The van der Waals surface area contributed by atoms with Crippen LogP contribution in [0.2, 0.25) is 5.02 Å². The molecule has 0 aromatic heterocycles. The van der Waals surface area contributed by atoms with Crippen LogP contribution in [0.1, 0.15) is 11.1 Å². The molecular weight excluding hydrogens is 277 g/mol. The molecule has 2 rings (SSSR count). The van der Waals surface area contributed by atoms with Gasteiger partial charge in [0.05, 0.1) is 13.2 Å². The summed E-state index contributed by atoms with van der Waals surface area (Å²) in [5.74, 6) is -0.324. The predicted octanol–water partition coefficient (Wildman–Crippen LogP) is 3.79. The molecule has 0 unspecified atom stereocenters. The summed E-state index contributed by atoms with van der Waals surface area (Å²) in [6.07, 6.45) is 0. The molecule has 0 aliphatic heterocycles. The molecule has 1 N–H and O–H groups in total. The monoisotopic (exact) mass is 293 g/mol. The van der Waals surface area contributed by atoms with Crippen molar-refractivity contribution in [3.8, 4) is 0 Å². The fraction of sp³-hybridized carbons (Fsp3) is 0.250. The lowest BCUT2D eigenvalue weighted by atomic mass is 10.2. The van der Waals surface area contributed by atoms with E-state index in [4.69, 9.17) is 16.3 Å². The number of halogens is 2. The fourth-order valence-electron chi connectivity index (χ4n) is 1.79.